The van der Waals surface area contributed by atoms with Crippen LogP contribution in [0.1, 0.15) is 28.7 Å². The number of nitrogens with one attached hydrogen (secondary N) is 1. The molecule has 5 nitrogen and oxygen atoms in total. The summed E-state index contributed by atoms with van der Waals surface area (Å²) in [5.41, 5.74) is 4.50. The van der Waals surface area contributed by atoms with Gasteiger partial charge in [-0.15, -0.1) is 0 Å². The number of methoxy groups -OCH3 is 1. The van der Waals surface area contributed by atoms with Gasteiger partial charge in [0.05, 0.1) is 13.5 Å². The molecule has 0 saturated carbocycles. The van der Waals surface area contributed by atoms with Crippen LogP contribution in [0.3, 0.4) is 0 Å². The number of amides is 1. The molecular weight excluding hydrogens is 330 g/mol. The van der Waals surface area contributed by atoms with Gasteiger partial charge in [0.1, 0.15) is 5.75 Å². The van der Waals surface area contributed by atoms with E-state index in [0.29, 0.717) is 12.3 Å². The van der Waals surface area contributed by atoms with Crippen molar-refractivity contribution in [2.45, 2.75) is 32.2 Å². The summed E-state index contributed by atoms with van der Waals surface area (Å²) in [6, 6.07) is 13.6. The smallest absolute Gasteiger partial charge is 0.310 e. The molecule has 2 aromatic rings. The maximum Gasteiger partial charge on any atom is 0.310 e. The monoisotopic (exact) mass is 353 g/mol. The molecule has 3 rings (SSSR count). The highest BCUT2D eigenvalue weighted by Gasteiger charge is 2.13. The Hall–Kier alpha value is -2.82. The molecule has 26 heavy (non-hydrogen) atoms. The molecule has 0 unspecified atom stereocenters. The molecule has 0 atom stereocenters. The number of ether oxygens (including phenoxy) is 2. The average Bonchev–Trinajstić information content (AvgIpc) is 3.12. The standard InChI is InChI=1S/C21H23NO4/c1-25-19-8-3-2-5-18(19)13-22-20(23)14-26-21(24)12-15-9-10-16-6-4-7-17(16)11-15/h2-3,5,8-11H,4,6-7,12-14H2,1H3,(H,22,23). The Morgan fingerprint density at radius 1 is 1.08 bits per heavy atom. The first kappa shape index (κ1) is 18.0. The van der Waals surface area contributed by atoms with Crippen molar-refractivity contribution in [1.29, 1.82) is 0 Å². The van der Waals surface area contributed by atoms with Crippen molar-refractivity contribution in [3.8, 4) is 5.75 Å². The van der Waals surface area contributed by atoms with Crippen LogP contribution < -0.4 is 10.1 Å². The minimum absolute atomic E-state index is 0.188. The lowest BCUT2D eigenvalue weighted by atomic mass is 10.0. The molecule has 1 amide bonds. The summed E-state index contributed by atoms with van der Waals surface area (Å²) >= 11 is 0. The van der Waals surface area contributed by atoms with Gasteiger partial charge >= 0.3 is 5.97 Å². The fourth-order valence-corrected chi connectivity index (χ4v) is 3.19. The highest BCUT2D eigenvalue weighted by molar-refractivity contribution is 5.81. The van der Waals surface area contributed by atoms with Gasteiger partial charge in [-0.1, -0.05) is 36.4 Å². The zero-order chi connectivity index (χ0) is 18.4. The van der Waals surface area contributed by atoms with Gasteiger partial charge in [-0.25, -0.2) is 0 Å². The highest BCUT2D eigenvalue weighted by atomic mass is 16.5. The van der Waals surface area contributed by atoms with Gasteiger partial charge in [0, 0.05) is 12.1 Å². The lowest BCUT2D eigenvalue weighted by Crippen LogP contribution is -2.28. The number of hydrogen-bond acceptors (Lipinski definition) is 4. The van der Waals surface area contributed by atoms with E-state index in [2.05, 4.69) is 17.4 Å². The van der Waals surface area contributed by atoms with E-state index in [1.807, 2.05) is 30.3 Å². The number of aryl methyl sites for hydroxylation is 2. The van der Waals surface area contributed by atoms with E-state index in [4.69, 9.17) is 9.47 Å². The highest BCUT2D eigenvalue weighted by Crippen LogP contribution is 2.23. The van der Waals surface area contributed by atoms with Crippen LogP contribution in [0.5, 0.6) is 5.75 Å². The van der Waals surface area contributed by atoms with Crippen molar-refractivity contribution in [2.75, 3.05) is 13.7 Å². The molecule has 0 aliphatic heterocycles. The molecule has 1 aliphatic rings. The van der Waals surface area contributed by atoms with Gasteiger partial charge in [-0.05, 0) is 42.0 Å². The average molecular weight is 353 g/mol. The topological polar surface area (TPSA) is 64.6 Å². The summed E-state index contributed by atoms with van der Waals surface area (Å²) in [6.07, 6.45) is 3.55. The molecule has 0 radical (unpaired) electrons. The Kier molecular flexibility index (Phi) is 5.89. The van der Waals surface area contributed by atoms with Gasteiger partial charge in [0.2, 0.25) is 0 Å². The summed E-state index contributed by atoms with van der Waals surface area (Å²) in [5.74, 6) is -0.0185. The predicted molar refractivity (Wildman–Crippen MR) is 98.0 cm³/mol. The molecule has 0 aromatic heterocycles. The number of carbonyl (C=O) groups excluding carboxylic acids is 2. The van der Waals surface area contributed by atoms with E-state index in [-0.39, 0.29) is 18.9 Å². The van der Waals surface area contributed by atoms with Crippen LogP contribution in [0.4, 0.5) is 0 Å². The Labute approximate surface area is 153 Å². The van der Waals surface area contributed by atoms with E-state index in [1.165, 1.54) is 17.5 Å². The molecule has 136 valence electrons. The first-order chi connectivity index (χ1) is 12.7. The van der Waals surface area contributed by atoms with E-state index in [1.54, 1.807) is 7.11 Å². The number of fused-ring (bicyclic) bond motifs is 1. The SMILES string of the molecule is COc1ccccc1CNC(=O)COC(=O)Cc1ccc2c(c1)CCC2. The van der Waals surface area contributed by atoms with Gasteiger partial charge in [-0.2, -0.15) is 0 Å². The second kappa shape index (κ2) is 8.52. The van der Waals surface area contributed by atoms with Crippen LogP contribution in [0.15, 0.2) is 42.5 Å². The Balaban J connectivity index is 1.43. The minimum atomic E-state index is -0.393. The summed E-state index contributed by atoms with van der Waals surface area (Å²) < 4.78 is 10.3. The van der Waals surface area contributed by atoms with Gasteiger partial charge < -0.3 is 14.8 Å². The third-order valence-corrected chi connectivity index (χ3v) is 4.54. The second-order valence-electron chi connectivity index (χ2n) is 6.38. The molecule has 0 bridgehead atoms. The third kappa shape index (κ3) is 4.63. The first-order valence-corrected chi connectivity index (χ1v) is 8.80. The summed E-state index contributed by atoms with van der Waals surface area (Å²) in [6.45, 7) is 0.0458. The van der Waals surface area contributed by atoms with E-state index < -0.39 is 5.97 Å². The van der Waals surface area contributed by atoms with Crippen molar-refractivity contribution < 1.29 is 19.1 Å². The summed E-state index contributed by atoms with van der Waals surface area (Å²) in [4.78, 5) is 23.9. The number of carbonyl (C=O) groups is 2. The zero-order valence-electron chi connectivity index (χ0n) is 14.9. The molecular formula is C21H23NO4. The molecule has 0 spiro atoms. The Bertz CT molecular complexity index is 800. The van der Waals surface area contributed by atoms with Crippen molar-refractivity contribution >= 4 is 11.9 Å². The van der Waals surface area contributed by atoms with Crippen LogP contribution in [0.25, 0.3) is 0 Å². The van der Waals surface area contributed by atoms with Gasteiger partial charge in [-0.3, -0.25) is 9.59 Å². The molecule has 1 N–H and O–H groups in total. The largest absolute Gasteiger partial charge is 0.496 e. The fourth-order valence-electron chi connectivity index (χ4n) is 3.19. The first-order valence-electron chi connectivity index (χ1n) is 8.80. The predicted octanol–water partition coefficient (Wildman–Crippen LogP) is 2.59. The Morgan fingerprint density at radius 2 is 1.88 bits per heavy atom. The minimum Gasteiger partial charge on any atom is -0.496 e. The van der Waals surface area contributed by atoms with Crippen molar-refractivity contribution in [1.82, 2.24) is 5.32 Å². The second-order valence-corrected chi connectivity index (χ2v) is 6.38. The molecule has 1 aliphatic carbocycles. The quantitative estimate of drug-likeness (QED) is 0.777. The number of esters is 1. The molecule has 0 saturated heterocycles. The number of rotatable bonds is 7. The zero-order valence-corrected chi connectivity index (χ0v) is 14.9. The fraction of sp³-hybridized carbons (Fsp3) is 0.333. The van der Waals surface area contributed by atoms with Gasteiger partial charge in [0.25, 0.3) is 5.91 Å². The molecule has 5 heteroatoms. The molecule has 2 aromatic carbocycles. The number of benzene rings is 2. The lowest BCUT2D eigenvalue weighted by Gasteiger charge is -2.10. The molecule has 0 heterocycles. The van der Waals surface area contributed by atoms with Crippen LogP contribution in [-0.4, -0.2) is 25.6 Å². The van der Waals surface area contributed by atoms with Crippen LogP contribution in [0.2, 0.25) is 0 Å². The Morgan fingerprint density at radius 3 is 2.73 bits per heavy atom. The normalized spacial score (nSPS) is 12.3. The number of para-hydroxylation sites is 1. The van der Waals surface area contributed by atoms with E-state index >= 15 is 0 Å². The third-order valence-electron chi connectivity index (χ3n) is 4.54. The maximum absolute atomic E-state index is 12.0. The molecule has 0 fully saturated rings. The number of hydrogen-bond donors (Lipinski definition) is 1. The van der Waals surface area contributed by atoms with E-state index in [9.17, 15) is 9.59 Å². The van der Waals surface area contributed by atoms with Crippen molar-refractivity contribution in [3.05, 3.63) is 64.7 Å². The lowest BCUT2D eigenvalue weighted by molar-refractivity contribution is -0.147. The van der Waals surface area contributed by atoms with E-state index in [0.717, 1.165) is 24.0 Å². The van der Waals surface area contributed by atoms with Crippen LogP contribution >= 0.6 is 0 Å². The van der Waals surface area contributed by atoms with Crippen LogP contribution in [-0.2, 0) is 40.1 Å². The van der Waals surface area contributed by atoms with Gasteiger partial charge in [0.15, 0.2) is 6.61 Å². The van der Waals surface area contributed by atoms with Crippen molar-refractivity contribution in [3.63, 3.8) is 0 Å². The maximum atomic E-state index is 12.0. The van der Waals surface area contributed by atoms with Crippen molar-refractivity contribution in [2.24, 2.45) is 0 Å². The van der Waals surface area contributed by atoms with Crippen LogP contribution in [0, 0.1) is 0 Å². The summed E-state index contributed by atoms with van der Waals surface area (Å²) in [5, 5.41) is 2.73. The summed E-state index contributed by atoms with van der Waals surface area (Å²) in [7, 11) is 1.58.